The normalized spacial score (nSPS) is 10.7. The first-order valence-corrected chi connectivity index (χ1v) is 3.00. The molecule has 0 saturated carbocycles. The second-order valence-corrected chi connectivity index (χ2v) is 2.23. The summed E-state index contributed by atoms with van der Waals surface area (Å²) in [5.41, 5.74) is 3.49. The average molecular weight is 126 g/mol. The molecule has 0 aliphatic carbocycles. The largest absolute Gasteiger partial charge is 0.331 e. The highest BCUT2D eigenvalue weighted by molar-refractivity contribution is 5.15. The van der Waals surface area contributed by atoms with E-state index in [1.54, 1.807) is 6.20 Å². The van der Waals surface area contributed by atoms with E-state index in [0.29, 0.717) is 5.92 Å². The molecule has 9 heavy (non-hydrogen) atoms. The number of hydrazine groups is 1. The van der Waals surface area contributed by atoms with Crippen LogP contribution in [0.15, 0.2) is 24.4 Å². The van der Waals surface area contributed by atoms with Crippen LogP contribution in [0, 0.1) is 5.92 Å². The van der Waals surface area contributed by atoms with Crippen LogP contribution in [-0.2, 0) is 0 Å². The number of nitrogens with two attached hydrogens (primary N) is 1. The van der Waals surface area contributed by atoms with Crippen LogP contribution < -0.4 is 11.3 Å². The first kappa shape index (κ1) is 8.24. The molecule has 0 amide bonds. The summed E-state index contributed by atoms with van der Waals surface area (Å²) in [6.07, 6.45) is 3.53. The van der Waals surface area contributed by atoms with E-state index in [1.807, 2.05) is 6.08 Å². The van der Waals surface area contributed by atoms with Gasteiger partial charge in [-0.2, -0.15) is 0 Å². The van der Waals surface area contributed by atoms with Gasteiger partial charge in [-0.15, -0.1) is 0 Å². The molecule has 0 rings (SSSR count). The Bertz CT molecular complexity index is 114. The molecule has 0 atom stereocenters. The summed E-state index contributed by atoms with van der Waals surface area (Å²) in [4.78, 5) is 0. The maximum atomic E-state index is 5.00. The fraction of sp³-hybridized carbons (Fsp3) is 0.429. The van der Waals surface area contributed by atoms with E-state index in [2.05, 4.69) is 25.9 Å². The molecule has 0 aromatic heterocycles. The van der Waals surface area contributed by atoms with Crippen molar-refractivity contribution in [3.8, 4) is 0 Å². The van der Waals surface area contributed by atoms with Gasteiger partial charge in [0.1, 0.15) is 0 Å². The molecule has 3 N–H and O–H groups in total. The Morgan fingerprint density at radius 1 is 1.67 bits per heavy atom. The fourth-order valence-electron chi connectivity index (χ4n) is 0.348. The third-order valence-electron chi connectivity index (χ3n) is 1.14. The van der Waals surface area contributed by atoms with E-state index in [4.69, 9.17) is 5.84 Å². The molecule has 0 saturated heterocycles. The van der Waals surface area contributed by atoms with Gasteiger partial charge in [0.15, 0.2) is 0 Å². The molecular formula is C7H14N2. The van der Waals surface area contributed by atoms with Crippen molar-refractivity contribution < 1.29 is 0 Å². The van der Waals surface area contributed by atoms with Gasteiger partial charge in [-0.25, -0.2) is 0 Å². The van der Waals surface area contributed by atoms with Gasteiger partial charge in [-0.3, -0.25) is 5.84 Å². The van der Waals surface area contributed by atoms with E-state index in [0.717, 1.165) is 5.57 Å². The maximum Gasteiger partial charge on any atom is 0.0125 e. The highest BCUT2D eigenvalue weighted by Crippen LogP contribution is 2.06. The van der Waals surface area contributed by atoms with Crippen molar-refractivity contribution in [2.24, 2.45) is 11.8 Å². The van der Waals surface area contributed by atoms with Crippen LogP contribution in [-0.4, -0.2) is 0 Å². The zero-order valence-corrected chi connectivity index (χ0v) is 6.02. The number of hydrogen-bond donors (Lipinski definition) is 2. The topological polar surface area (TPSA) is 38.0 Å². The molecule has 0 heterocycles. The lowest BCUT2D eigenvalue weighted by Crippen LogP contribution is -2.13. The molecule has 2 nitrogen and oxygen atoms in total. The van der Waals surface area contributed by atoms with E-state index >= 15 is 0 Å². The van der Waals surface area contributed by atoms with Crippen molar-refractivity contribution in [3.05, 3.63) is 24.4 Å². The van der Waals surface area contributed by atoms with E-state index in [-0.39, 0.29) is 0 Å². The maximum absolute atomic E-state index is 5.00. The number of nitrogens with one attached hydrogen (secondary N) is 1. The van der Waals surface area contributed by atoms with Crippen molar-refractivity contribution in [3.63, 3.8) is 0 Å². The summed E-state index contributed by atoms with van der Waals surface area (Å²) in [7, 11) is 0. The summed E-state index contributed by atoms with van der Waals surface area (Å²) in [6.45, 7) is 7.98. The third-order valence-corrected chi connectivity index (χ3v) is 1.14. The van der Waals surface area contributed by atoms with E-state index in [1.165, 1.54) is 0 Å². The Hall–Kier alpha value is -0.760. The molecule has 0 radical (unpaired) electrons. The summed E-state index contributed by atoms with van der Waals surface area (Å²) < 4.78 is 0. The zero-order chi connectivity index (χ0) is 7.28. The SMILES string of the molecule is C=C(/C=C\NN)C(C)C. The molecule has 52 valence electrons. The number of hydrogen-bond acceptors (Lipinski definition) is 2. The lowest BCUT2D eigenvalue weighted by atomic mass is 10.1. The minimum atomic E-state index is 0.495. The highest BCUT2D eigenvalue weighted by Gasteiger charge is 1.92. The fourth-order valence-corrected chi connectivity index (χ4v) is 0.348. The van der Waals surface area contributed by atoms with Crippen molar-refractivity contribution in [1.82, 2.24) is 5.43 Å². The van der Waals surface area contributed by atoms with Crippen LogP contribution in [0.5, 0.6) is 0 Å². The van der Waals surface area contributed by atoms with Gasteiger partial charge < -0.3 is 5.43 Å². The quantitative estimate of drug-likeness (QED) is 0.338. The Morgan fingerprint density at radius 3 is 2.56 bits per heavy atom. The number of rotatable bonds is 3. The summed E-state index contributed by atoms with van der Waals surface area (Å²) >= 11 is 0. The monoisotopic (exact) mass is 126 g/mol. The van der Waals surface area contributed by atoms with Crippen LogP contribution in [0.3, 0.4) is 0 Å². The van der Waals surface area contributed by atoms with Crippen molar-refractivity contribution in [2.45, 2.75) is 13.8 Å². The molecule has 0 unspecified atom stereocenters. The van der Waals surface area contributed by atoms with Crippen LogP contribution >= 0.6 is 0 Å². The molecular weight excluding hydrogens is 112 g/mol. The first-order valence-electron chi connectivity index (χ1n) is 3.00. The molecule has 0 aromatic rings. The second kappa shape index (κ2) is 4.15. The second-order valence-electron chi connectivity index (χ2n) is 2.23. The van der Waals surface area contributed by atoms with Crippen LogP contribution in [0.2, 0.25) is 0 Å². The van der Waals surface area contributed by atoms with Gasteiger partial charge in [0.25, 0.3) is 0 Å². The lowest BCUT2D eigenvalue weighted by molar-refractivity contribution is 0.792. The number of allylic oxidation sites excluding steroid dienone is 2. The van der Waals surface area contributed by atoms with E-state index < -0.39 is 0 Å². The Labute approximate surface area is 56.4 Å². The van der Waals surface area contributed by atoms with Gasteiger partial charge in [0.05, 0.1) is 0 Å². The van der Waals surface area contributed by atoms with Gasteiger partial charge in [0, 0.05) is 6.20 Å². The molecule has 2 heteroatoms. The molecule has 0 aliphatic heterocycles. The zero-order valence-electron chi connectivity index (χ0n) is 6.02. The molecule has 0 aromatic carbocycles. The lowest BCUT2D eigenvalue weighted by Gasteiger charge is -2.01. The summed E-state index contributed by atoms with van der Waals surface area (Å²) in [5, 5.41) is 0. The Kier molecular flexibility index (Phi) is 3.80. The summed E-state index contributed by atoms with van der Waals surface area (Å²) in [6, 6.07) is 0. The predicted octanol–water partition coefficient (Wildman–Crippen LogP) is 1.18. The van der Waals surface area contributed by atoms with Gasteiger partial charge in [0.2, 0.25) is 0 Å². The average Bonchev–Trinajstić information content (AvgIpc) is 1.82. The smallest absolute Gasteiger partial charge is 0.0125 e. The Balaban J connectivity index is 3.63. The van der Waals surface area contributed by atoms with Crippen LogP contribution in [0.1, 0.15) is 13.8 Å². The van der Waals surface area contributed by atoms with Crippen LogP contribution in [0.25, 0.3) is 0 Å². The predicted molar refractivity (Wildman–Crippen MR) is 40.4 cm³/mol. The molecule has 0 spiro atoms. The minimum absolute atomic E-state index is 0.495. The van der Waals surface area contributed by atoms with Crippen molar-refractivity contribution in [1.29, 1.82) is 0 Å². The summed E-state index contributed by atoms with van der Waals surface area (Å²) in [5.74, 6) is 5.49. The van der Waals surface area contributed by atoms with Crippen LogP contribution in [0.4, 0.5) is 0 Å². The minimum Gasteiger partial charge on any atom is -0.331 e. The van der Waals surface area contributed by atoms with Gasteiger partial charge in [-0.1, -0.05) is 26.0 Å². The standard InChI is InChI=1S/C7H14N2/c1-6(2)7(3)4-5-9-8/h4-6,9H,3,8H2,1-2H3/b5-4-. The highest BCUT2D eigenvalue weighted by atomic mass is 15.2. The van der Waals surface area contributed by atoms with Gasteiger partial charge >= 0.3 is 0 Å². The van der Waals surface area contributed by atoms with Crippen molar-refractivity contribution >= 4 is 0 Å². The Morgan fingerprint density at radius 2 is 2.22 bits per heavy atom. The van der Waals surface area contributed by atoms with Gasteiger partial charge in [-0.05, 0) is 12.0 Å². The molecule has 0 aliphatic rings. The van der Waals surface area contributed by atoms with Crippen molar-refractivity contribution in [2.75, 3.05) is 0 Å². The third kappa shape index (κ3) is 3.79. The molecule has 0 fully saturated rings. The van der Waals surface area contributed by atoms with E-state index in [9.17, 15) is 0 Å². The first-order chi connectivity index (χ1) is 4.18. The molecule has 0 bridgehead atoms.